The monoisotopic (exact) mass is 498 g/mol. The van der Waals surface area contributed by atoms with Gasteiger partial charge in [-0.05, 0) is 42.8 Å². The minimum atomic E-state index is -4.08. The number of nitrogens with zero attached hydrogens (tertiary/aromatic N) is 3. The molecule has 34 heavy (non-hydrogen) atoms. The molecule has 0 aliphatic heterocycles. The van der Waals surface area contributed by atoms with E-state index in [-0.39, 0.29) is 33.0 Å². The van der Waals surface area contributed by atoms with Gasteiger partial charge in [0.05, 0.1) is 7.11 Å². The van der Waals surface area contributed by atoms with Crippen LogP contribution >= 0.6 is 11.3 Å². The molecule has 1 heterocycles. The summed E-state index contributed by atoms with van der Waals surface area (Å²) < 4.78 is 35.7. The van der Waals surface area contributed by atoms with E-state index in [1.54, 1.807) is 12.1 Å². The Hall–Kier alpha value is -3.75. The lowest BCUT2D eigenvalue weighted by Crippen LogP contribution is -2.13. The largest absolute Gasteiger partial charge is 0.493 e. The van der Waals surface area contributed by atoms with Gasteiger partial charge in [-0.1, -0.05) is 48.9 Å². The van der Waals surface area contributed by atoms with Crippen LogP contribution < -0.4 is 14.2 Å². The number of carbonyl (C=O) groups excluding carboxylic acids is 1. The molecule has 1 amide bonds. The van der Waals surface area contributed by atoms with Crippen molar-refractivity contribution in [3.05, 3.63) is 64.2 Å². The average Bonchev–Trinajstić information content (AvgIpc) is 3.27. The van der Waals surface area contributed by atoms with Gasteiger partial charge in [-0.3, -0.25) is 10.1 Å². The van der Waals surface area contributed by atoms with Crippen LogP contribution in [0.2, 0.25) is 0 Å². The van der Waals surface area contributed by atoms with Gasteiger partial charge in [-0.15, -0.1) is 10.2 Å². The highest BCUT2D eigenvalue weighted by atomic mass is 32.2. The van der Waals surface area contributed by atoms with E-state index in [1.807, 2.05) is 26.8 Å². The van der Waals surface area contributed by atoms with Gasteiger partial charge in [0.15, 0.2) is 11.5 Å². The van der Waals surface area contributed by atoms with Gasteiger partial charge in [0.1, 0.15) is 21.5 Å². The molecule has 11 heteroatoms. The highest BCUT2D eigenvalue weighted by Gasteiger charge is 2.20. The van der Waals surface area contributed by atoms with Crippen molar-refractivity contribution >= 4 is 38.6 Å². The smallest absolute Gasteiger partial charge is 0.339 e. The van der Waals surface area contributed by atoms with Gasteiger partial charge in [0.25, 0.3) is 5.91 Å². The average molecular weight is 499 g/mol. The highest BCUT2D eigenvalue weighted by molar-refractivity contribution is 7.87. The first kappa shape index (κ1) is 24.9. The summed E-state index contributed by atoms with van der Waals surface area (Å²) in [5.74, 6) is -0.390. The number of hydrogen-bond acceptors (Lipinski definition) is 9. The maximum Gasteiger partial charge on any atom is 0.339 e. The normalized spacial score (nSPS) is 11.7. The number of ether oxygens (including phenoxy) is 1. The second-order valence-corrected chi connectivity index (χ2v) is 10.0. The summed E-state index contributed by atoms with van der Waals surface area (Å²) in [6, 6.07) is 12.5. The van der Waals surface area contributed by atoms with E-state index in [0.717, 1.165) is 10.6 Å². The van der Waals surface area contributed by atoms with Gasteiger partial charge in [0.2, 0.25) is 5.13 Å². The number of anilines is 1. The first-order valence-electron chi connectivity index (χ1n) is 10.1. The van der Waals surface area contributed by atoms with Crippen LogP contribution in [0.4, 0.5) is 5.13 Å². The summed E-state index contributed by atoms with van der Waals surface area (Å²) in [5, 5.41) is 21.0. The molecule has 3 rings (SSSR count). The molecule has 2 aromatic carbocycles. The lowest BCUT2D eigenvalue weighted by molar-refractivity contribution is -0.112. The number of hydrogen-bond donors (Lipinski definition) is 1. The lowest BCUT2D eigenvalue weighted by atomic mass is 10.1. The molecule has 0 fully saturated rings. The number of rotatable bonds is 8. The third kappa shape index (κ3) is 5.98. The van der Waals surface area contributed by atoms with Crippen molar-refractivity contribution in [2.24, 2.45) is 0 Å². The predicted octanol–water partition coefficient (Wildman–Crippen LogP) is 4.29. The number of amides is 1. The van der Waals surface area contributed by atoms with Crippen molar-refractivity contribution in [2.75, 3.05) is 12.4 Å². The molecule has 1 aromatic heterocycles. The van der Waals surface area contributed by atoms with Crippen LogP contribution in [0, 0.1) is 18.3 Å². The summed E-state index contributed by atoms with van der Waals surface area (Å²) in [6.45, 7) is 5.76. The SMILES string of the molecule is COc1cc(/C=C(/C#N)C(=O)Nc2nnc(C(C)C)s2)ccc1OS(=O)(=O)c1ccc(C)cc1. The Morgan fingerprint density at radius 2 is 1.85 bits per heavy atom. The fraction of sp³-hybridized carbons (Fsp3) is 0.217. The summed E-state index contributed by atoms with van der Waals surface area (Å²) in [5.41, 5.74) is 1.17. The summed E-state index contributed by atoms with van der Waals surface area (Å²) in [6.07, 6.45) is 1.35. The number of aromatic nitrogens is 2. The standard InChI is InChI=1S/C23H22N4O5S2/c1-14(2)22-26-27-23(33-22)25-21(28)17(13-24)11-16-7-10-19(20(12-16)31-4)32-34(29,30)18-8-5-15(3)6-9-18/h5-12,14H,1-4H3,(H,25,27,28)/b17-11-. The van der Waals surface area contributed by atoms with Gasteiger partial charge in [-0.25, -0.2) is 0 Å². The van der Waals surface area contributed by atoms with Crippen LogP contribution in [0.5, 0.6) is 11.5 Å². The van der Waals surface area contributed by atoms with Crippen molar-refractivity contribution < 1.29 is 22.1 Å². The molecule has 0 atom stereocenters. The predicted molar refractivity (Wildman–Crippen MR) is 128 cm³/mol. The zero-order valence-electron chi connectivity index (χ0n) is 18.9. The molecule has 9 nitrogen and oxygen atoms in total. The zero-order chi connectivity index (χ0) is 24.9. The van der Waals surface area contributed by atoms with Gasteiger partial charge >= 0.3 is 10.1 Å². The molecule has 0 aliphatic carbocycles. The van der Waals surface area contributed by atoms with Crippen LogP contribution in [0.25, 0.3) is 6.08 Å². The van der Waals surface area contributed by atoms with Crippen molar-refractivity contribution in [3.63, 3.8) is 0 Å². The van der Waals surface area contributed by atoms with Crippen LogP contribution in [0.3, 0.4) is 0 Å². The van der Waals surface area contributed by atoms with E-state index in [4.69, 9.17) is 8.92 Å². The molecule has 3 aromatic rings. The molecular formula is C23H22N4O5S2. The van der Waals surface area contributed by atoms with Crippen LogP contribution in [0.15, 0.2) is 52.9 Å². The van der Waals surface area contributed by atoms with Crippen LogP contribution in [0.1, 0.15) is 35.9 Å². The number of nitrogens with one attached hydrogen (secondary N) is 1. The van der Waals surface area contributed by atoms with E-state index in [9.17, 15) is 18.5 Å². The first-order valence-corrected chi connectivity index (χ1v) is 12.3. The minimum Gasteiger partial charge on any atom is -0.493 e. The molecule has 176 valence electrons. The van der Waals surface area contributed by atoms with E-state index < -0.39 is 16.0 Å². The van der Waals surface area contributed by atoms with Crippen LogP contribution in [-0.4, -0.2) is 31.6 Å². The molecule has 0 spiro atoms. The Kier molecular flexibility index (Phi) is 7.65. The molecule has 1 N–H and O–H groups in total. The molecule has 0 unspecified atom stereocenters. The fourth-order valence-electron chi connectivity index (χ4n) is 2.71. The molecule has 0 saturated heterocycles. The van der Waals surface area contributed by atoms with Gasteiger partial charge < -0.3 is 8.92 Å². The van der Waals surface area contributed by atoms with Crippen molar-refractivity contribution in [3.8, 4) is 17.6 Å². The fourth-order valence-corrected chi connectivity index (χ4v) is 4.39. The van der Waals surface area contributed by atoms with E-state index in [2.05, 4.69) is 15.5 Å². The van der Waals surface area contributed by atoms with E-state index in [0.29, 0.717) is 5.56 Å². The Bertz CT molecular complexity index is 1370. The third-order valence-corrected chi connectivity index (χ3v) is 6.92. The Morgan fingerprint density at radius 3 is 2.44 bits per heavy atom. The lowest BCUT2D eigenvalue weighted by Gasteiger charge is -2.11. The number of carbonyl (C=O) groups is 1. The zero-order valence-corrected chi connectivity index (χ0v) is 20.5. The Morgan fingerprint density at radius 1 is 1.15 bits per heavy atom. The maximum absolute atomic E-state index is 12.6. The number of nitriles is 1. The second kappa shape index (κ2) is 10.5. The quantitative estimate of drug-likeness (QED) is 0.276. The summed E-state index contributed by atoms with van der Waals surface area (Å²) in [4.78, 5) is 12.5. The van der Waals surface area contributed by atoms with Crippen molar-refractivity contribution in [1.29, 1.82) is 5.26 Å². The van der Waals surface area contributed by atoms with Crippen molar-refractivity contribution in [2.45, 2.75) is 31.6 Å². The highest BCUT2D eigenvalue weighted by Crippen LogP contribution is 2.32. The van der Waals surface area contributed by atoms with Gasteiger partial charge in [-0.2, -0.15) is 13.7 Å². The Balaban J connectivity index is 1.82. The van der Waals surface area contributed by atoms with E-state index in [1.165, 1.54) is 54.9 Å². The van der Waals surface area contributed by atoms with Crippen LogP contribution in [-0.2, 0) is 14.9 Å². The molecule has 0 radical (unpaired) electrons. The maximum atomic E-state index is 12.6. The topological polar surface area (TPSA) is 131 Å². The molecular weight excluding hydrogens is 476 g/mol. The number of benzene rings is 2. The second-order valence-electron chi connectivity index (χ2n) is 7.48. The minimum absolute atomic E-state index is 0.00450. The van der Waals surface area contributed by atoms with Gasteiger partial charge in [0, 0.05) is 5.92 Å². The molecule has 0 saturated carbocycles. The summed E-state index contributed by atoms with van der Waals surface area (Å²) in [7, 11) is -2.72. The van der Waals surface area contributed by atoms with Crippen molar-refractivity contribution in [1.82, 2.24) is 10.2 Å². The summed E-state index contributed by atoms with van der Waals surface area (Å²) >= 11 is 1.23. The molecule has 0 bridgehead atoms. The molecule has 0 aliphatic rings. The first-order chi connectivity index (χ1) is 16.1. The van der Waals surface area contributed by atoms with E-state index >= 15 is 0 Å². The number of methoxy groups -OCH3 is 1. The Labute approximate surface area is 201 Å². The number of aryl methyl sites for hydroxylation is 1. The third-order valence-electron chi connectivity index (χ3n) is 4.53.